The van der Waals surface area contributed by atoms with E-state index in [1.54, 1.807) is 19.1 Å². The molecule has 0 aliphatic heterocycles. The molecule has 0 radical (unpaired) electrons. The number of sulfonamides is 1. The van der Waals surface area contributed by atoms with Crippen molar-refractivity contribution in [1.29, 1.82) is 0 Å². The van der Waals surface area contributed by atoms with Crippen LogP contribution in [0.4, 0.5) is 17.6 Å². The van der Waals surface area contributed by atoms with Crippen LogP contribution in [0.15, 0.2) is 29.2 Å². The molecule has 2 rings (SSSR count). The Bertz CT molecular complexity index is 684. The average molecular weight is 317 g/mol. The number of nitrogen functional groups attached to an aromatic ring is 1. The quantitative estimate of drug-likeness (QED) is 0.752. The molecule has 1 heterocycles. The van der Waals surface area contributed by atoms with E-state index < -0.39 is 10.0 Å². The number of anilines is 3. The van der Waals surface area contributed by atoms with Crippen molar-refractivity contribution in [1.82, 2.24) is 15.0 Å². The van der Waals surface area contributed by atoms with Gasteiger partial charge >= 0.3 is 0 Å². The van der Waals surface area contributed by atoms with Crippen LogP contribution >= 0.6 is 12.4 Å². The molecule has 0 bridgehead atoms. The maximum absolute atomic E-state index is 11.1. The molecule has 0 aliphatic rings. The summed E-state index contributed by atoms with van der Waals surface area (Å²) < 4.78 is 22.2. The summed E-state index contributed by atoms with van der Waals surface area (Å²) in [5.74, 6) is 0.876. The summed E-state index contributed by atoms with van der Waals surface area (Å²) in [6.07, 6.45) is 0. The van der Waals surface area contributed by atoms with Crippen LogP contribution in [0.3, 0.4) is 0 Å². The van der Waals surface area contributed by atoms with Gasteiger partial charge < -0.3 is 11.1 Å². The van der Waals surface area contributed by atoms with Crippen LogP contribution in [0.2, 0.25) is 0 Å². The minimum atomic E-state index is -3.69. The summed E-state index contributed by atoms with van der Waals surface area (Å²) in [5.41, 5.74) is 6.10. The lowest BCUT2D eigenvalue weighted by Gasteiger charge is -2.06. The van der Waals surface area contributed by atoms with Crippen LogP contribution in [0.5, 0.6) is 0 Å². The van der Waals surface area contributed by atoms with Gasteiger partial charge in [0.15, 0.2) is 0 Å². The Morgan fingerprint density at radius 1 is 1.10 bits per heavy atom. The van der Waals surface area contributed by atoms with Gasteiger partial charge in [0.2, 0.25) is 21.9 Å². The zero-order valence-corrected chi connectivity index (χ0v) is 12.1. The predicted molar refractivity (Wildman–Crippen MR) is 77.3 cm³/mol. The lowest BCUT2D eigenvalue weighted by atomic mass is 10.3. The van der Waals surface area contributed by atoms with Crippen LogP contribution < -0.4 is 16.2 Å². The lowest BCUT2D eigenvalue weighted by molar-refractivity contribution is 0.598. The minimum Gasteiger partial charge on any atom is -0.368 e. The summed E-state index contributed by atoms with van der Waals surface area (Å²) in [5, 5.41) is 7.89. The van der Waals surface area contributed by atoms with Crippen LogP contribution in [0.25, 0.3) is 0 Å². The molecule has 0 aliphatic carbocycles. The van der Waals surface area contributed by atoms with Gasteiger partial charge in [-0.1, -0.05) is 0 Å². The van der Waals surface area contributed by atoms with E-state index >= 15 is 0 Å². The van der Waals surface area contributed by atoms with Gasteiger partial charge in [0, 0.05) is 5.69 Å². The van der Waals surface area contributed by atoms with Crippen molar-refractivity contribution >= 4 is 40.0 Å². The molecule has 108 valence electrons. The Morgan fingerprint density at radius 3 is 2.20 bits per heavy atom. The number of aryl methyl sites for hydroxylation is 1. The number of nitrogens with one attached hydrogen (secondary N) is 1. The molecule has 1 aromatic heterocycles. The number of nitrogens with two attached hydrogens (primary N) is 2. The van der Waals surface area contributed by atoms with E-state index in [0.29, 0.717) is 11.5 Å². The van der Waals surface area contributed by atoms with E-state index in [0.717, 1.165) is 0 Å². The van der Waals surface area contributed by atoms with Crippen molar-refractivity contribution in [2.45, 2.75) is 11.8 Å². The molecular weight excluding hydrogens is 304 g/mol. The second-order valence-electron chi connectivity index (χ2n) is 3.76. The molecule has 0 saturated heterocycles. The standard InChI is InChI=1S/C10H12N6O2S.ClH/c1-6-13-9(11)16-10(14-6)15-7-2-4-8(5-3-7)19(12,17)18;/h2-5H,1H3,(H2,12,17,18)(H3,11,13,14,15,16);1H. The summed E-state index contributed by atoms with van der Waals surface area (Å²) in [6, 6.07) is 5.87. The van der Waals surface area contributed by atoms with Gasteiger partial charge in [-0.15, -0.1) is 12.4 Å². The number of primary sulfonamides is 1. The van der Waals surface area contributed by atoms with Crippen LogP contribution in [-0.4, -0.2) is 23.4 Å². The maximum Gasteiger partial charge on any atom is 0.238 e. The smallest absolute Gasteiger partial charge is 0.238 e. The van der Waals surface area contributed by atoms with Gasteiger partial charge in [-0.3, -0.25) is 0 Å². The maximum atomic E-state index is 11.1. The van der Waals surface area contributed by atoms with Crippen molar-refractivity contribution in [2.24, 2.45) is 5.14 Å². The molecule has 0 saturated carbocycles. The summed E-state index contributed by atoms with van der Waals surface area (Å²) >= 11 is 0. The minimum absolute atomic E-state index is 0. The van der Waals surface area contributed by atoms with Gasteiger partial charge in [0.1, 0.15) is 5.82 Å². The number of halogens is 1. The molecule has 8 nitrogen and oxygen atoms in total. The second kappa shape index (κ2) is 5.99. The summed E-state index contributed by atoms with van der Waals surface area (Å²) in [4.78, 5) is 11.8. The van der Waals surface area contributed by atoms with Crippen molar-refractivity contribution in [2.75, 3.05) is 11.1 Å². The van der Waals surface area contributed by atoms with Crippen LogP contribution in [0, 0.1) is 6.92 Å². The van der Waals surface area contributed by atoms with E-state index in [9.17, 15) is 8.42 Å². The molecule has 0 atom stereocenters. The fourth-order valence-electron chi connectivity index (χ4n) is 1.42. The van der Waals surface area contributed by atoms with Gasteiger partial charge in [-0.25, -0.2) is 13.6 Å². The number of hydrogen-bond acceptors (Lipinski definition) is 7. The van der Waals surface area contributed by atoms with Gasteiger partial charge in [-0.05, 0) is 31.2 Å². The Hall–Kier alpha value is -1.97. The van der Waals surface area contributed by atoms with Crippen molar-refractivity contribution in [3.63, 3.8) is 0 Å². The van der Waals surface area contributed by atoms with E-state index in [4.69, 9.17) is 10.9 Å². The topological polar surface area (TPSA) is 137 Å². The number of nitrogens with zero attached hydrogens (tertiary/aromatic N) is 3. The first-order chi connectivity index (χ1) is 8.84. The van der Waals surface area contributed by atoms with E-state index in [2.05, 4.69) is 20.3 Å². The number of benzene rings is 1. The zero-order chi connectivity index (χ0) is 14.0. The Balaban J connectivity index is 0.00000200. The monoisotopic (exact) mass is 316 g/mol. The van der Waals surface area contributed by atoms with Crippen LogP contribution in [0.1, 0.15) is 5.82 Å². The highest BCUT2D eigenvalue weighted by Gasteiger charge is 2.07. The molecule has 0 unspecified atom stereocenters. The van der Waals surface area contributed by atoms with E-state index in [1.807, 2.05) is 0 Å². The van der Waals surface area contributed by atoms with Gasteiger partial charge in [0.05, 0.1) is 4.90 Å². The fraction of sp³-hybridized carbons (Fsp3) is 0.100. The zero-order valence-electron chi connectivity index (χ0n) is 10.4. The highest BCUT2D eigenvalue weighted by Crippen LogP contribution is 2.16. The average Bonchev–Trinajstić information content (AvgIpc) is 2.26. The van der Waals surface area contributed by atoms with Crippen molar-refractivity contribution < 1.29 is 8.42 Å². The number of aromatic nitrogens is 3. The van der Waals surface area contributed by atoms with Gasteiger partial charge in [-0.2, -0.15) is 15.0 Å². The number of rotatable bonds is 3. The second-order valence-corrected chi connectivity index (χ2v) is 5.32. The molecule has 5 N–H and O–H groups in total. The third-order valence-corrected chi connectivity index (χ3v) is 3.13. The molecule has 0 amide bonds. The molecule has 0 spiro atoms. The lowest BCUT2D eigenvalue weighted by Crippen LogP contribution is -2.12. The first-order valence-corrected chi connectivity index (χ1v) is 6.77. The first kappa shape index (κ1) is 16.1. The fourth-order valence-corrected chi connectivity index (χ4v) is 1.93. The Kier molecular flexibility index (Phi) is 4.82. The largest absolute Gasteiger partial charge is 0.368 e. The Morgan fingerprint density at radius 2 is 1.70 bits per heavy atom. The summed E-state index contributed by atoms with van der Waals surface area (Å²) in [7, 11) is -3.69. The summed E-state index contributed by atoms with van der Waals surface area (Å²) in [6.45, 7) is 1.69. The molecule has 20 heavy (non-hydrogen) atoms. The third kappa shape index (κ3) is 4.02. The van der Waals surface area contributed by atoms with Gasteiger partial charge in [0.25, 0.3) is 0 Å². The highest BCUT2D eigenvalue weighted by molar-refractivity contribution is 7.89. The van der Waals surface area contributed by atoms with E-state index in [1.165, 1.54) is 12.1 Å². The highest BCUT2D eigenvalue weighted by atomic mass is 35.5. The van der Waals surface area contributed by atoms with Crippen molar-refractivity contribution in [3.05, 3.63) is 30.1 Å². The normalized spacial score (nSPS) is 10.7. The van der Waals surface area contributed by atoms with E-state index in [-0.39, 0.29) is 29.2 Å². The molecule has 2 aromatic rings. The molecule has 10 heteroatoms. The predicted octanol–water partition coefficient (Wildman–Crippen LogP) is 0.575. The molecule has 1 aromatic carbocycles. The molecule has 0 fully saturated rings. The number of hydrogen-bond donors (Lipinski definition) is 3. The molecular formula is C10H13ClN6O2S. The van der Waals surface area contributed by atoms with Crippen molar-refractivity contribution in [3.8, 4) is 0 Å². The Labute approximate surface area is 122 Å². The van der Waals surface area contributed by atoms with Crippen LogP contribution in [-0.2, 0) is 10.0 Å². The SMILES string of the molecule is Cc1nc(N)nc(Nc2ccc(S(N)(=O)=O)cc2)n1.Cl. The third-order valence-electron chi connectivity index (χ3n) is 2.20. The first-order valence-electron chi connectivity index (χ1n) is 5.22.